The summed E-state index contributed by atoms with van der Waals surface area (Å²) in [6, 6.07) is 7.59. The molecule has 0 bridgehead atoms. The predicted octanol–water partition coefficient (Wildman–Crippen LogP) is 3.91. The van der Waals surface area contributed by atoms with Gasteiger partial charge in [-0.15, -0.1) is 0 Å². The van der Waals surface area contributed by atoms with Crippen molar-refractivity contribution in [2.75, 3.05) is 7.11 Å². The third-order valence-corrected chi connectivity index (χ3v) is 4.37. The molecular formula is C17H27NO. The van der Waals surface area contributed by atoms with Gasteiger partial charge in [0.2, 0.25) is 0 Å². The molecule has 3 unspecified atom stereocenters. The van der Waals surface area contributed by atoms with Crippen LogP contribution in [0.4, 0.5) is 0 Å². The summed E-state index contributed by atoms with van der Waals surface area (Å²) < 4.78 is 5.63. The maximum Gasteiger partial charge on any atom is 0.0724 e. The van der Waals surface area contributed by atoms with E-state index >= 15 is 0 Å². The minimum absolute atomic E-state index is 0.376. The summed E-state index contributed by atoms with van der Waals surface area (Å²) in [7, 11) is 1.84. The molecule has 0 amide bonds. The Balaban J connectivity index is 2.07. The number of hydrogen-bond donors (Lipinski definition) is 1. The standard InChI is InChI=1S/C17H27NO/c1-12-9-10-13(2)15(11-12)14(3)18-16-7-5-6-8-17(16)19-4/h9-11,14,16-18H,5-8H2,1-4H3. The summed E-state index contributed by atoms with van der Waals surface area (Å²) in [5.41, 5.74) is 4.12. The molecule has 1 saturated carbocycles. The molecule has 1 N–H and O–H groups in total. The van der Waals surface area contributed by atoms with E-state index in [0.29, 0.717) is 18.2 Å². The minimum Gasteiger partial charge on any atom is -0.380 e. The van der Waals surface area contributed by atoms with Crippen LogP contribution in [-0.4, -0.2) is 19.3 Å². The van der Waals surface area contributed by atoms with Gasteiger partial charge in [0.05, 0.1) is 6.10 Å². The lowest BCUT2D eigenvalue weighted by molar-refractivity contribution is 0.0383. The quantitative estimate of drug-likeness (QED) is 0.887. The third kappa shape index (κ3) is 3.58. The number of hydrogen-bond acceptors (Lipinski definition) is 2. The average molecular weight is 261 g/mol. The lowest BCUT2D eigenvalue weighted by Gasteiger charge is -2.34. The van der Waals surface area contributed by atoms with E-state index in [1.807, 2.05) is 7.11 Å². The molecule has 1 aromatic carbocycles. The van der Waals surface area contributed by atoms with Gasteiger partial charge in [0.15, 0.2) is 0 Å². The molecule has 0 spiro atoms. The van der Waals surface area contributed by atoms with Crippen LogP contribution in [0.15, 0.2) is 18.2 Å². The zero-order chi connectivity index (χ0) is 13.8. The van der Waals surface area contributed by atoms with Gasteiger partial charge in [-0.2, -0.15) is 0 Å². The molecule has 1 fully saturated rings. The largest absolute Gasteiger partial charge is 0.380 e. The molecular weight excluding hydrogens is 234 g/mol. The van der Waals surface area contributed by atoms with Crippen molar-refractivity contribution >= 4 is 0 Å². The van der Waals surface area contributed by atoms with Gasteiger partial charge in [0.25, 0.3) is 0 Å². The SMILES string of the molecule is COC1CCCCC1NC(C)c1cc(C)ccc1C. The molecule has 0 radical (unpaired) electrons. The summed E-state index contributed by atoms with van der Waals surface area (Å²) in [5, 5.41) is 3.78. The Labute approximate surface area is 117 Å². The van der Waals surface area contributed by atoms with Crippen LogP contribution in [-0.2, 0) is 4.74 Å². The molecule has 3 atom stereocenters. The maximum atomic E-state index is 5.63. The van der Waals surface area contributed by atoms with Crippen LogP contribution < -0.4 is 5.32 Å². The Kier molecular flexibility index (Phi) is 5.00. The molecule has 0 aliphatic heterocycles. The summed E-state index contributed by atoms with van der Waals surface area (Å²) in [5.74, 6) is 0. The van der Waals surface area contributed by atoms with Crippen molar-refractivity contribution in [3.8, 4) is 0 Å². The first-order chi connectivity index (χ1) is 9.11. The van der Waals surface area contributed by atoms with Crippen molar-refractivity contribution in [2.24, 2.45) is 0 Å². The fourth-order valence-corrected chi connectivity index (χ4v) is 3.21. The highest BCUT2D eigenvalue weighted by Gasteiger charge is 2.26. The van der Waals surface area contributed by atoms with Crippen LogP contribution in [0.1, 0.15) is 55.3 Å². The van der Waals surface area contributed by atoms with Gasteiger partial charge in [-0.05, 0) is 44.7 Å². The Bertz CT molecular complexity index is 416. The fraction of sp³-hybridized carbons (Fsp3) is 0.647. The second-order valence-corrected chi connectivity index (χ2v) is 5.91. The third-order valence-electron chi connectivity index (χ3n) is 4.37. The van der Waals surface area contributed by atoms with Crippen molar-refractivity contribution < 1.29 is 4.74 Å². The molecule has 1 aliphatic rings. The van der Waals surface area contributed by atoms with Crippen LogP contribution in [0.5, 0.6) is 0 Å². The molecule has 1 aromatic rings. The number of aryl methyl sites for hydroxylation is 2. The normalized spacial score (nSPS) is 25.3. The molecule has 0 aromatic heterocycles. The molecule has 2 nitrogen and oxygen atoms in total. The average Bonchev–Trinajstić information content (AvgIpc) is 2.42. The van der Waals surface area contributed by atoms with Crippen molar-refractivity contribution in [1.82, 2.24) is 5.32 Å². The van der Waals surface area contributed by atoms with Crippen molar-refractivity contribution in [3.63, 3.8) is 0 Å². The highest BCUT2D eigenvalue weighted by Crippen LogP contribution is 2.25. The lowest BCUT2D eigenvalue weighted by Crippen LogP contribution is -2.44. The number of ether oxygens (including phenoxy) is 1. The first-order valence-electron chi connectivity index (χ1n) is 7.48. The topological polar surface area (TPSA) is 21.3 Å². The van der Waals surface area contributed by atoms with E-state index in [1.165, 1.54) is 42.4 Å². The molecule has 0 saturated heterocycles. The van der Waals surface area contributed by atoms with Crippen molar-refractivity contribution in [2.45, 2.75) is 64.6 Å². The molecule has 106 valence electrons. The molecule has 2 rings (SSSR count). The Morgan fingerprint density at radius 1 is 1.21 bits per heavy atom. The predicted molar refractivity (Wildman–Crippen MR) is 80.5 cm³/mol. The Hall–Kier alpha value is -0.860. The van der Waals surface area contributed by atoms with Crippen molar-refractivity contribution in [1.29, 1.82) is 0 Å². The van der Waals surface area contributed by atoms with Gasteiger partial charge in [-0.1, -0.05) is 36.6 Å². The fourth-order valence-electron chi connectivity index (χ4n) is 3.21. The zero-order valence-electron chi connectivity index (χ0n) is 12.7. The summed E-state index contributed by atoms with van der Waals surface area (Å²) >= 11 is 0. The maximum absolute atomic E-state index is 5.63. The second-order valence-electron chi connectivity index (χ2n) is 5.91. The molecule has 2 heteroatoms. The van der Waals surface area contributed by atoms with E-state index in [-0.39, 0.29) is 0 Å². The number of benzene rings is 1. The van der Waals surface area contributed by atoms with Gasteiger partial charge >= 0.3 is 0 Å². The van der Waals surface area contributed by atoms with Gasteiger partial charge in [0.1, 0.15) is 0 Å². The van der Waals surface area contributed by atoms with Crippen LogP contribution >= 0.6 is 0 Å². The minimum atomic E-state index is 0.376. The van der Waals surface area contributed by atoms with Crippen LogP contribution in [0.25, 0.3) is 0 Å². The smallest absolute Gasteiger partial charge is 0.0724 e. The summed E-state index contributed by atoms with van der Waals surface area (Å²) in [4.78, 5) is 0. The van der Waals surface area contributed by atoms with Crippen molar-refractivity contribution in [3.05, 3.63) is 34.9 Å². The van der Waals surface area contributed by atoms with Gasteiger partial charge in [0, 0.05) is 19.2 Å². The van der Waals surface area contributed by atoms with E-state index < -0.39 is 0 Å². The number of methoxy groups -OCH3 is 1. The summed E-state index contributed by atoms with van der Waals surface area (Å²) in [6.07, 6.45) is 5.41. The first-order valence-corrected chi connectivity index (χ1v) is 7.48. The van der Waals surface area contributed by atoms with Crippen LogP contribution in [0.2, 0.25) is 0 Å². The lowest BCUT2D eigenvalue weighted by atomic mass is 9.90. The Morgan fingerprint density at radius 2 is 1.95 bits per heavy atom. The highest BCUT2D eigenvalue weighted by molar-refractivity contribution is 5.32. The Morgan fingerprint density at radius 3 is 2.68 bits per heavy atom. The van der Waals surface area contributed by atoms with Crippen LogP contribution in [0.3, 0.4) is 0 Å². The molecule has 0 heterocycles. The van der Waals surface area contributed by atoms with Crippen LogP contribution in [0, 0.1) is 13.8 Å². The van der Waals surface area contributed by atoms with Gasteiger partial charge in [-0.3, -0.25) is 0 Å². The monoisotopic (exact) mass is 261 g/mol. The number of nitrogens with one attached hydrogen (secondary N) is 1. The second kappa shape index (κ2) is 6.53. The molecule has 1 aliphatic carbocycles. The van der Waals surface area contributed by atoms with E-state index in [1.54, 1.807) is 0 Å². The van der Waals surface area contributed by atoms with Gasteiger partial charge in [-0.25, -0.2) is 0 Å². The molecule has 19 heavy (non-hydrogen) atoms. The van der Waals surface area contributed by atoms with E-state index in [2.05, 4.69) is 44.3 Å². The first kappa shape index (κ1) is 14.5. The highest BCUT2D eigenvalue weighted by atomic mass is 16.5. The van der Waals surface area contributed by atoms with E-state index in [9.17, 15) is 0 Å². The van der Waals surface area contributed by atoms with E-state index in [0.717, 1.165) is 0 Å². The number of rotatable bonds is 4. The zero-order valence-corrected chi connectivity index (χ0v) is 12.7. The van der Waals surface area contributed by atoms with Gasteiger partial charge < -0.3 is 10.1 Å². The summed E-state index contributed by atoms with van der Waals surface area (Å²) in [6.45, 7) is 6.62. The van der Waals surface area contributed by atoms with E-state index in [4.69, 9.17) is 4.74 Å².